The molecule has 0 aromatic carbocycles. The quantitative estimate of drug-likeness (QED) is 0.807. The van der Waals surface area contributed by atoms with Crippen molar-refractivity contribution in [1.82, 2.24) is 14.5 Å². The van der Waals surface area contributed by atoms with E-state index in [1.54, 1.807) is 0 Å². The van der Waals surface area contributed by atoms with Crippen molar-refractivity contribution < 1.29 is 0 Å². The molecule has 0 radical (unpaired) electrons. The Hall–Kier alpha value is -0.520. The number of nitrogens with two attached hydrogens (primary N) is 1. The molecule has 0 unspecified atom stereocenters. The van der Waals surface area contributed by atoms with Crippen molar-refractivity contribution in [1.29, 1.82) is 0 Å². The SMILES string of the molecule is NCCn1cnc(CN2CCSCC2)c1. The second kappa shape index (κ2) is 5.53. The third-order valence-electron chi connectivity index (χ3n) is 2.56. The van der Waals surface area contributed by atoms with Gasteiger partial charge < -0.3 is 10.3 Å². The van der Waals surface area contributed by atoms with Gasteiger partial charge in [-0.2, -0.15) is 11.8 Å². The fraction of sp³-hybridized carbons (Fsp3) is 0.700. The minimum Gasteiger partial charge on any atom is -0.336 e. The number of nitrogens with zero attached hydrogens (tertiary/aromatic N) is 3. The van der Waals surface area contributed by atoms with E-state index in [9.17, 15) is 0 Å². The normalized spacial score (nSPS) is 18.2. The number of aromatic nitrogens is 2. The van der Waals surface area contributed by atoms with Crippen LogP contribution in [0.25, 0.3) is 0 Å². The number of hydrogen-bond donors (Lipinski definition) is 1. The van der Waals surface area contributed by atoms with E-state index in [0.717, 1.165) is 18.8 Å². The van der Waals surface area contributed by atoms with E-state index in [2.05, 4.69) is 20.6 Å². The molecule has 2 heterocycles. The van der Waals surface area contributed by atoms with Crippen LogP contribution in [0.15, 0.2) is 12.5 Å². The first-order chi connectivity index (χ1) is 7.38. The van der Waals surface area contributed by atoms with Crippen LogP contribution in [0.3, 0.4) is 0 Å². The largest absolute Gasteiger partial charge is 0.336 e. The highest BCUT2D eigenvalue weighted by Gasteiger charge is 2.11. The van der Waals surface area contributed by atoms with Gasteiger partial charge in [0.1, 0.15) is 0 Å². The van der Waals surface area contributed by atoms with Crippen LogP contribution in [-0.2, 0) is 13.1 Å². The molecule has 84 valence electrons. The van der Waals surface area contributed by atoms with Crippen LogP contribution in [0.5, 0.6) is 0 Å². The van der Waals surface area contributed by atoms with Gasteiger partial charge in [0.15, 0.2) is 0 Å². The molecule has 1 fully saturated rings. The Morgan fingerprint density at radius 3 is 2.93 bits per heavy atom. The van der Waals surface area contributed by atoms with Gasteiger partial charge >= 0.3 is 0 Å². The lowest BCUT2D eigenvalue weighted by atomic mass is 10.4. The monoisotopic (exact) mass is 226 g/mol. The third kappa shape index (κ3) is 3.22. The van der Waals surface area contributed by atoms with E-state index in [-0.39, 0.29) is 0 Å². The molecular formula is C10H18N4S. The maximum absolute atomic E-state index is 5.49. The fourth-order valence-corrected chi connectivity index (χ4v) is 2.73. The van der Waals surface area contributed by atoms with Crippen molar-refractivity contribution in [3.05, 3.63) is 18.2 Å². The lowest BCUT2D eigenvalue weighted by Crippen LogP contribution is -2.32. The highest BCUT2D eigenvalue weighted by molar-refractivity contribution is 7.99. The molecular weight excluding hydrogens is 208 g/mol. The minimum atomic E-state index is 0.677. The number of hydrogen-bond acceptors (Lipinski definition) is 4. The molecule has 5 heteroatoms. The molecule has 1 aromatic heterocycles. The van der Waals surface area contributed by atoms with Crippen LogP contribution in [0, 0.1) is 0 Å². The molecule has 0 spiro atoms. The van der Waals surface area contributed by atoms with Crippen LogP contribution in [0.2, 0.25) is 0 Å². The topological polar surface area (TPSA) is 47.1 Å². The highest BCUT2D eigenvalue weighted by atomic mass is 32.2. The summed E-state index contributed by atoms with van der Waals surface area (Å²) in [6.07, 6.45) is 3.98. The smallest absolute Gasteiger partial charge is 0.0950 e. The Morgan fingerprint density at radius 1 is 1.40 bits per heavy atom. The van der Waals surface area contributed by atoms with Gasteiger partial charge in [0, 0.05) is 50.4 Å². The average Bonchev–Trinajstić information content (AvgIpc) is 2.68. The van der Waals surface area contributed by atoms with Gasteiger partial charge in [-0.05, 0) is 0 Å². The maximum atomic E-state index is 5.49. The van der Waals surface area contributed by atoms with E-state index in [0.29, 0.717) is 6.54 Å². The lowest BCUT2D eigenvalue weighted by Gasteiger charge is -2.25. The van der Waals surface area contributed by atoms with Crippen molar-refractivity contribution in [2.75, 3.05) is 31.1 Å². The van der Waals surface area contributed by atoms with Gasteiger partial charge in [0.05, 0.1) is 12.0 Å². The lowest BCUT2D eigenvalue weighted by molar-refractivity contribution is 0.291. The maximum Gasteiger partial charge on any atom is 0.0950 e. The summed E-state index contributed by atoms with van der Waals surface area (Å²) >= 11 is 2.04. The second-order valence-electron chi connectivity index (χ2n) is 3.78. The van der Waals surface area contributed by atoms with Crippen molar-refractivity contribution >= 4 is 11.8 Å². The summed E-state index contributed by atoms with van der Waals surface area (Å²) in [6.45, 7) is 4.90. The van der Waals surface area contributed by atoms with Gasteiger partial charge in [-0.1, -0.05) is 0 Å². The molecule has 4 nitrogen and oxygen atoms in total. The second-order valence-corrected chi connectivity index (χ2v) is 5.00. The first-order valence-electron chi connectivity index (χ1n) is 5.39. The summed E-state index contributed by atoms with van der Waals surface area (Å²) in [4.78, 5) is 6.85. The van der Waals surface area contributed by atoms with Crippen LogP contribution in [0.1, 0.15) is 5.69 Å². The van der Waals surface area contributed by atoms with Crippen molar-refractivity contribution in [3.63, 3.8) is 0 Å². The molecule has 1 aromatic rings. The van der Waals surface area contributed by atoms with Crippen molar-refractivity contribution in [2.45, 2.75) is 13.1 Å². The molecule has 15 heavy (non-hydrogen) atoms. The standard InChI is InChI=1S/C10H18N4S/c11-1-2-14-8-10(12-9-14)7-13-3-5-15-6-4-13/h8-9H,1-7,11H2. The highest BCUT2D eigenvalue weighted by Crippen LogP contribution is 2.11. The Balaban J connectivity index is 1.86. The summed E-state index contributed by atoms with van der Waals surface area (Å²) in [6, 6.07) is 0. The van der Waals surface area contributed by atoms with Gasteiger partial charge in [-0.25, -0.2) is 4.98 Å². The molecule has 2 N–H and O–H groups in total. The molecule has 1 aliphatic heterocycles. The van der Waals surface area contributed by atoms with E-state index < -0.39 is 0 Å². The predicted molar refractivity (Wildman–Crippen MR) is 63.9 cm³/mol. The Bertz CT molecular complexity index is 293. The summed E-state index contributed by atoms with van der Waals surface area (Å²) in [5.41, 5.74) is 6.65. The number of thioether (sulfide) groups is 1. The summed E-state index contributed by atoms with van der Waals surface area (Å²) < 4.78 is 2.06. The number of rotatable bonds is 4. The summed E-state index contributed by atoms with van der Waals surface area (Å²) in [5.74, 6) is 2.51. The Morgan fingerprint density at radius 2 is 2.20 bits per heavy atom. The number of imidazole rings is 1. The van der Waals surface area contributed by atoms with Crippen LogP contribution < -0.4 is 5.73 Å². The fourth-order valence-electron chi connectivity index (χ4n) is 1.75. The molecule has 2 rings (SSSR count). The van der Waals surface area contributed by atoms with Gasteiger partial charge in [-0.3, -0.25) is 4.90 Å². The van der Waals surface area contributed by atoms with Gasteiger partial charge in [-0.15, -0.1) is 0 Å². The molecule has 1 saturated heterocycles. The zero-order valence-corrected chi connectivity index (χ0v) is 9.75. The molecule has 0 bridgehead atoms. The van der Waals surface area contributed by atoms with E-state index in [4.69, 9.17) is 5.73 Å². The molecule has 0 aliphatic carbocycles. The summed E-state index contributed by atoms with van der Waals surface area (Å²) in [7, 11) is 0. The average molecular weight is 226 g/mol. The van der Waals surface area contributed by atoms with E-state index in [1.807, 2.05) is 18.1 Å². The third-order valence-corrected chi connectivity index (χ3v) is 3.51. The van der Waals surface area contributed by atoms with Gasteiger partial charge in [0.2, 0.25) is 0 Å². The summed E-state index contributed by atoms with van der Waals surface area (Å²) in [5, 5.41) is 0. The van der Waals surface area contributed by atoms with Crippen LogP contribution in [0.4, 0.5) is 0 Å². The zero-order valence-electron chi connectivity index (χ0n) is 8.93. The molecule has 1 aliphatic rings. The molecule has 0 saturated carbocycles. The van der Waals surface area contributed by atoms with E-state index in [1.165, 1.54) is 24.6 Å². The zero-order chi connectivity index (χ0) is 10.5. The van der Waals surface area contributed by atoms with Crippen LogP contribution in [-0.4, -0.2) is 45.6 Å². The molecule has 0 amide bonds. The van der Waals surface area contributed by atoms with Gasteiger partial charge in [0.25, 0.3) is 0 Å². The Kier molecular flexibility index (Phi) is 4.05. The van der Waals surface area contributed by atoms with Crippen LogP contribution >= 0.6 is 11.8 Å². The predicted octanol–water partition coefficient (Wildman–Crippen LogP) is 0.391. The first kappa shape index (κ1) is 11.0. The minimum absolute atomic E-state index is 0.677. The van der Waals surface area contributed by atoms with Crippen molar-refractivity contribution in [3.8, 4) is 0 Å². The molecule has 0 atom stereocenters. The van der Waals surface area contributed by atoms with E-state index >= 15 is 0 Å². The first-order valence-corrected chi connectivity index (χ1v) is 6.55. The van der Waals surface area contributed by atoms with Crippen molar-refractivity contribution in [2.24, 2.45) is 5.73 Å². The Labute approximate surface area is 94.8 Å².